The van der Waals surface area contributed by atoms with Crippen LogP contribution in [0.15, 0.2) is 44.1 Å². The SMILES string of the molecule is O=c1onc(CCCC#CCc2ccccc2)o1. The van der Waals surface area contributed by atoms with Gasteiger partial charge in [0.1, 0.15) is 0 Å². The monoisotopic (exact) mass is 243 g/mol. The van der Waals surface area contributed by atoms with E-state index in [1.54, 1.807) is 0 Å². The van der Waals surface area contributed by atoms with E-state index in [-0.39, 0.29) is 0 Å². The normalized spacial score (nSPS) is 9.78. The van der Waals surface area contributed by atoms with Crippen LogP contribution in [0.4, 0.5) is 0 Å². The van der Waals surface area contributed by atoms with E-state index in [0.29, 0.717) is 12.3 Å². The Morgan fingerprint density at radius 3 is 2.72 bits per heavy atom. The largest absolute Gasteiger partial charge is 0.542 e. The molecule has 1 aromatic heterocycles. The first kappa shape index (κ1) is 12.2. The van der Waals surface area contributed by atoms with Crippen molar-refractivity contribution in [2.24, 2.45) is 0 Å². The average Bonchev–Trinajstić information content (AvgIpc) is 2.81. The van der Waals surface area contributed by atoms with Gasteiger partial charge in [-0.15, -0.1) is 5.92 Å². The molecule has 4 nitrogen and oxygen atoms in total. The highest BCUT2D eigenvalue weighted by atomic mass is 16.6. The van der Waals surface area contributed by atoms with E-state index in [4.69, 9.17) is 0 Å². The fraction of sp³-hybridized carbons (Fsp3) is 0.286. The Kier molecular flexibility index (Phi) is 4.37. The molecular weight excluding hydrogens is 230 g/mol. The number of aryl methyl sites for hydroxylation is 1. The summed E-state index contributed by atoms with van der Waals surface area (Å²) in [6.45, 7) is 0. The zero-order chi connectivity index (χ0) is 12.6. The second kappa shape index (κ2) is 6.45. The number of hydrogen-bond donors (Lipinski definition) is 0. The van der Waals surface area contributed by atoms with Gasteiger partial charge in [-0.1, -0.05) is 36.3 Å². The quantitative estimate of drug-likeness (QED) is 0.610. The van der Waals surface area contributed by atoms with Crippen LogP contribution in [-0.2, 0) is 12.8 Å². The summed E-state index contributed by atoms with van der Waals surface area (Å²) >= 11 is 0. The predicted octanol–water partition coefficient (Wildman–Crippen LogP) is 2.20. The van der Waals surface area contributed by atoms with Gasteiger partial charge >= 0.3 is 5.82 Å². The third-order valence-electron chi connectivity index (χ3n) is 2.38. The Hall–Kier alpha value is -2.28. The zero-order valence-corrected chi connectivity index (χ0v) is 9.89. The summed E-state index contributed by atoms with van der Waals surface area (Å²) in [5.74, 6) is 5.78. The molecule has 92 valence electrons. The van der Waals surface area contributed by atoms with Crippen LogP contribution in [-0.4, -0.2) is 5.16 Å². The van der Waals surface area contributed by atoms with Gasteiger partial charge in [0.25, 0.3) is 0 Å². The molecule has 0 aliphatic carbocycles. The highest BCUT2D eigenvalue weighted by Crippen LogP contribution is 2.00. The van der Waals surface area contributed by atoms with Gasteiger partial charge < -0.3 is 4.42 Å². The first-order valence-electron chi connectivity index (χ1n) is 5.80. The predicted molar refractivity (Wildman–Crippen MR) is 65.9 cm³/mol. The van der Waals surface area contributed by atoms with E-state index in [1.165, 1.54) is 5.56 Å². The fourth-order valence-electron chi connectivity index (χ4n) is 1.50. The number of benzene rings is 1. The first-order valence-corrected chi connectivity index (χ1v) is 5.80. The number of unbranched alkanes of at least 4 members (excludes halogenated alkanes) is 1. The molecule has 0 atom stereocenters. The van der Waals surface area contributed by atoms with Crippen molar-refractivity contribution in [2.75, 3.05) is 0 Å². The highest BCUT2D eigenvalue weighted by Gasteiger charge is 2.01. The molecule has 0 aliphatic rings. The van der Waals surface area contributed by atoms with Gasteiger partial charge in [-0.2, -0.15) is 0 Å². The van der Waals surface area contributed by atoms with Gasteiger partial charge in [-0.3, -0.25) is 4.52 Å². The molecule has 1 aromatic carbocycles. The van der Waals surface area contributed by atoms with E-state index in [2.05, 4.69) is 38.1 Å². The molecule has 0 amide bonds. The fourth-order valence-corrected chi connectivity index (χ4v) is 1.50. The molecule has 0 unspecified atom stereocenters. The molecule has 0 radical (unpaired) electrons. The van der Waals surface area contributed by atoms with Gasteiger partial charge in [0, 0.05) is 19.3 Å². The summed E-state index contributed by atoms with van der Waals surface area (Å²) in [7, 11) is 0. The Morgan fingerprint density at radius 2 is 2.00 bits per heavy atom. The molecule has 2 rings (SSSR count). The van der Waals surface area contributed by atoms with Crippen molar-refractivity contribution >= 4 is 0 Å². The van der Waals surface area contributed by atoms with Crippen molar-refractivity contribution in [2.45, 2.75) is 25.7 Å². The maximum Gasteiger partial charge on any atom is 0.542 e. The summed E-state index contributed by atoms with van der Waals surface area (Å²) in [4.78, 5) is 10.6. The molecule has 0 fully saturated rings. The average molecular weight is 243 g/mol. The van der Waals surface area contributed by atoms with Crippen LogP contribution in [0.2, 0.25) is 0 Å². The molecule has 0 bridgehead atoms. The second-order valence-corrected chi connectivity index (χ2v) is 3.80. The molecule has 0 aliphatic heterocycles. The third kappa shape index (κ3) is 3.95. The lowest BCUT2D eigenvalue weighted by Crippen LogP contribution is -1.87. The van der Waals surface area contributed by atoms with Crippen LogP contribution in [0.1, 0.15) is 24.3 Å². The lowest BCUT2D eigenvalue weighted by atomic mass is 10.1. The van der Waals surface area contributed by atoms with Crippen molar-refractivity contribution in [3.8, 4) is 11.8 Å². The van der Waals surface area contributed by atoms with Crippen LogP contribution in [0.3, 0.4) is 0 Å². The topological polar surface area (TPSA) is 56.2 Å². The molecule has 18 heavy (non-hydrogen) atoms. The van der Waals surface area contributed by atoms with Gasteiger partial charge in [0.05, 0.1) is 0 Å². The summed E-state index contributed by atoms with van der Waals surface area (Å²) in [5, 5.41) is 3.48. The van der Waals surface area contributed by atoms with E-state index < -0.39 is 5.82 Å². The molecule has 2 aromatic rings. The number of aromatic nitrogens is 1. The number of nitrogens with zero attached hydrogens (tertiary/aromatic N) is 1. The van der Waals surface area contributed by atoms with Gasteiger partial charge in [0.15, 0.2) is 0 Å². The van der Waals surface area contributed by atoms with Crippen LogP contribution in [0.5, 0.6) is 0 Å². The van der Waals surface area contributed by atoms with E-state index in [1.807, 2.05) is 18.2 Å². The first-order chi connectivity index (χ1) is 8.84. The van der Waals surface area contributed by atoms with E-state index >= 15 is 0 Å². The smallest absolute Gasteiger partial charge is 0.375 e. The van der Waals surface area contributed by atoms with Crippen molar-refractivity contribution in [3.63, 3.8) is 0 Å². The van der Waals surface area contributed by atoms with Crippen LogP contribution < -0.4 is 5.82 Å². The highest BCUT2D eigenvalue weighted by molar-refractivity contribution is 5.20. The minimum Gasteiger partial charge on any atom is -0.375 e. The Morgan fingerprint density at radius 1 is 1.17 bits per heavy atom. The van der Waals surface area contributed by atoms with Gasteiger partial charge in [0.2, 0.25) is 5.89 Å². The van der Waals surface area contributed by atoms with E-state index in [9.17, 15) is 4.79 Å². The van der Waals surface area contributed by atoms with Crippen molar-refractivity contribution in [3.05, 3.63) is 52.4 Å². The second-order valence-electron chi connectivity index (χ2n) is 3.80. The van der Waals surface area contributed by atoms with Crippen LogP contribution in [0, 0.1) is 11.8 Å². The Balaban J connectivity index is 1.68. The standard InChI is InChI=1S/C14H13NO3/c16-14-17-13(15-18-14)11-7-2-1-4-8-12-9-5-3-6-10-12/h3,5-6,9-10H,2,7-8,11H2. The zero-order valence-electron chi connectivity index (χ0n) is 9.89. The van der Waals surface area contributed by atoms with Crippen molar-refractivity contribution < 1.29 is 8.94 Å². The van der Waals surface area contributed by atoms with Gasteiger partial charge in [-0.25, -0.2) is 4.79 Å². The van der Waals surface area contributed by atoms with Crippen LogP contribution in [0.25, 0.3) is 0 Å². The third-order valence-corrected chi connectivity index (χ3v) is 2.38. The summed E-state index contributed by atoms with van der Waals surface area (Å²) in [5.41, 5.74) is 1.22. The molecule has 0 saturated carbocycles. The minimum atomic E-state index is -0.750. The molecule has 0 saturated heterocycles. The Labute approximate surface area is 105 Å². The molecular formula is C14H13NO3. The Bertz CT molecular complexity index is 586. The summed E-state index contributed by atoms with van der Waals surface area (Å²) < 4.78 is 8.97. The molecule has 0 N–H and O–H groups in total. The van der Waals surface area contributed by atoms with Crippen molar-refractivity contribution in [1.82, 2.24) is 5.16 Å². The van der Waals surface area contributed by atoms with Crippen LogP contribution >= 0.6 is 0 Å². The molecule has 1 heterocycles. The van der Waals surface area contributed by atoms with Gasteiger partial charge in [-0.05, 0) is 17.1 Å². The summed E-state index contributed by atoms with van der Waals surface area (Å²) in [6, 6.07) is 10.1. The lowest BCUT2D eigenvalue weighted by molar-refractivity contribution is 0.334. The number of hydrogen-bond acceptors (Lipinski definition) is 4. The van der Waals surface area contributed by atoms with E-state index in [0.717, 1.165) is 19.3 Å². The van der Waals surface area contributed by atoms with Crippen molar-refractivity contribution in [1.29, 1.82) is 0 Å². The maximum absolute atomic E-state index is 10.6. The summed E-state index contributed by atoms with van der Waals surface area (Å²) in [6.07, 6.45) is 2.90. The minimum absolute atomic E-state index is 0.338. The molecule has 4 heteroatoms. The molecule has 0 spiro atoms. The lowest BCUT2D eigenvalue weighted by Gasteiger charge is -1.91. The maximum atomic E-state index is 10.6. The number of rotatable bonds is 4.